The zero-order valence-electron chi connectivity index (χ0n) is 13.7. The van der Waals surface area contributed by atoms with Crippen LogP contribution in [0.25, 0.3) is 11.4 Å². The molecule has 24 heavy (non-hydrogen) atoms. The molecule has 1 aliphatic carbocycles. The summed E-state index contributed by atoms with van der Waals surface area (Å²) < 4.78 is 5.21. The molecule has 2 amide bonds. The SMILES string of the molecule is COc1cccc(-c2nc(C(=O)N(CC(N)=O)C3CC3)c(C)[nH]2)c1. The molecule has 1 saturated carbocycles. The fraction of sp³-hybridized carbons (Fsp3) is 0.353. The highest BCUT2D eigenvalue weighted by Gasteiger charge is 2.35. The molecule has 0 unspecified atom stereocenters. The number of benzene rings is 1. The van der Waals surface area contributed by atoms with Crippen LogP contribution in [0.4, 0.5) is 0 Å². The van der Waals surface area contributed by atoms with Crippen molar-refractivity contribution in [1.29, 1.82) is 0 Å². The van der Waals surface area contributed by atoms with Crippen LogP contribution in [-0.4, -0.2) is 46.4 Å². The number of nitrogens with zero attached hydrogens (tertiary/aromatic N) is 2. The summed E-state index contributed by atoms with van der Waals surface area (Å²) >= 11 is 0. The molecule has 0 bridgehead atoms. The zero-order valence-corrected chi connectivity index (χ0v) is 13.7. The van der Waals surface area contributed by atoms with Gasteiger partial charge in [-0.3, -0.25) is 9.59 Å². The number of aromatic amines is 1. The Morgan fingerprint density at radius 2 is 2.17 bits per heavy atom. The first-order chi connectivity index (χ1) is 11.5. The van der Waals surface area contributed by atoms with E-state index in [9.17, 15) is 9.59 Å². The van der Waals surface area contributed by atoms with E-state index in [-0.39, 0.29) is 18.5 Å². The Kier molecular flexibility index (Phi) is 4.24. The minimum absolute atomic E-state index is 0.0791. The van der Waals surface area contributed by atoms with Gasteiger partial charge in [0.05, 0.1) is 13.7 Å². The lowest BCUT2D eigenvalue weighted by molar-refractivity contribution is -0.118. The molecule has 7 heteroatoms. The Morgan fingerprint density at radius 1 is 1.42 bits per heavy atom. The number of carbonyl (C=O) groups excluding carboxylic acids is 2. The van der Waals surface area contributed by atoms with Gasteiger partial charge in [0.2, 0.25) is 5.91 Å². The number of methoxy groups -OCH3 is 1. The van der Waals surface area contributed by atoms with E-state index >= 15 is 0 Å². The van der Waals surface area contributed by atoms with Gasteiger partial charge in [-0.05, 0) is 31.9 Å². The number of aryl methyl sites for hydroxylation is 1. The first-order valence-corrected chi connectivity index (χ1v) is 7.80. The van der Waals surface area contributed by atoms with Gasteiger partial charge in [-0.1, -0.05) is 12.1 Å². The van der Waals surface area contributed by atoms with Gasteiger partial charge >= 0.3 is 0 Å². The van der Waals surface area contributed by atoms with Crippen molar-refractivity contribution in [2.24, 2.45) is 5.73 Å². The maximum atomic E-state index is 12.8. The van der Waals surface area contributed by atoms with Gasteiger partial charge in [0.1, 0.15) is 17.3 Å². The molecule has 3 N–H and O–H groups in total. The van der Waals surface area contributed by atoms with Crippen LogP contribution in [0.15, 0.2) is 24.3 Å². The zero-order chi connectivity index (χ0) is 17.3. The summed E-state index contributed by atoms with van der Waals surface area (Å²) in [5.74, 6) is 0.517. The lowest BCUT2D eigenvalue weighted by Crippen LogP contribution is -2.40. The highest BCUT2D eigenvalue weighted by molar-refractivity contribution is 5.96. The predicted octanol–water partition coefficient (Wildman–Crippen LogP) is 1.48. The lowest BCUT2D eigenvalue weighted by atomic mass is 10.2. The Bertz CT molecular complexity index is 780. The largest absolute Gasteiger partial charge is 0.497 e. The smallest absolute Gasteiger partial charge is 0.275 e. The van der Waals surface area contributed by atoms with E-state index in [1.165, 1.54) is 4.90 Å². The molecule has 0 atom stereocenters. The average molecular weight is 328 g/mol. The van der Waals surface area contributed by atoms with Crippen LogP contribution < -0.4 is 10.5 Å². The van der Waals surface area contributed by atoms with Crippen molar-refractivity contribution in [3.8, 4) is 17.1 Å². The molecule has 126 valence electrons. The van der Waals surface area contributed by atoms with E-state index < -0.39 is 5.91 Å². The van der Waals surface area contributed by atoms with Gasteiger partial charge in [0.15, 0.2) is 0 Å². The van der Waals surface area contributed by atoms with Crippen LogP contribution >= 0.6 is 0 Å². The molecule has 1 aromatic carbocycles. The summed E-state index contributed by atoms with van der Waals surface area (Å²) in [6, 6.07) is 7.51. The number of primary amides is 1. The molecule has 3 rings (SSSR count). The van der Waals surface area contributed by atoms with E-state index in [0.717, 1.165) is 18.4 Å². The second kappa shape index (κ2) is 6.35. The molecule has 0 aliphatic heterocycles. The van der Waals surface area contributed by atoms with Crippen molar-refractivity contribution in [3.63, 3.8) is 0 Å². The number of ether oxygens (including phenoxy) is 1. The monoisotopic (exact) mass is 328 g/mol. The number of hydrogen-bond acceptors (Lipinski definition) is 4. The topological polar surface area (TPSA) is 101 Å². The summed E-state index contributed by atoms with van der Waals surface area (Å²) in [7, 11) is 1.60. The summed E-state index contributed by atoms with van der Waals surface area (Å²) in [5.41, 5.74) is 7.07. The molecule has 1 heterocycles. The normalized spacial score (nSPS) is 13.6. The van der Waals surface area contributed by atoms with Gasteiger partial charge in [0.25, 0.3) is 5.91 Å². The Hall–Kier alpha value is -2.83. The first kappa shape index (κ1) is 16.0. The molecular weight excluding hydrogens is 308 g/mol. The highest BCUT2D eigenvalue weighted by Crippen LogP contribution is 2.29. The Balaban J connectivity index is 1.90. The predicted molar refractivity (Wildman–Crippen MR) is 88.6 cm³/mol. The molecule has 0 saturated heterocycles. The third kappa shape index (κ3) is 3.24. The average Bonchev–Trinajstić information content (AvgIpc) is 3.33. The van der Waals surface area contributed by atoms with Crippen molar-refractivity contribution in [1.82, 2.24) is 14.9 Å². The van der Waals surface area contributed by atoms with Crippen LogP contribution in [-0.2, 0) is 4.79 Å². The van der Waals surface area contributed by atoms with E-state index in [2.05, 4.69) is 9.97 Å². The van der Waals surface area contributed by atoms with Gasteiger partial charge in [-0.2, -0.15) is 0 Å². The van der Waals surface area contributed by atoms with Crippen LogP contribution in [0.5, 0.6) is 5.75 Å². The number of carbonyl (C=O) groups is 2. The standard InChI is InChI=1S/C17H20N4O3/c1-10-15(17(23)21(9-14(18)22)12-6-7-12)20-16(19-10)11-4-3-5-13(8-11)24-2/h3-5,8,12H,6-7,9H2,1-2H3,(H2,18,22)(H,19,20). The highest BCUT2D eigenvalue weighted by atomic mass is 16.5. The number of nitrogens with two attached hydrogens (primary N) is 1. The number of H-pyrrole nitrogens is 1. The number of amides is 2. The third-order valence-electron chi connectivity index (χ3n) is 4.01. The van der Waals surface area contributed by atoms with E-state index in [1.807, 2.05) is 24.3 Å². The molecule has 1 fully saturated rings. The van der Waals surface area contributed by atoms with Crippen LogP contribution in [0.3, 0.4) is 0 Å². The summed E-state index contributed by atoms with van der Waals surface area (Å²) in [4.78, 5) is 33.1. The molecule has 1 aromatic heterocycles. The van der Waals surface area contributed by atoms with Gasteiger partial charge < -0.3 is 20.4 Å². The van der Waals surface area contributed by atoms with Crippen molar-refractivity contribution in [2.75, 3.05) is 13.7 Å². The minimum atomic E-state index is -0.517. The minimum Gasteiger partial charge on any atom is -0.497 e. The van der Waals surface area contributed by atoms with Crippen molar-refractivity contribution in [3.05, 3.63) is 35.7 Å². The molecule has 2 aromatic rings. The molecule has 0 spiro atoms. The van der Waals surface area contributed by atoms with Crippen molar-refractivity contribution < 1.29 is 14.3 Å². The van der Waals surface area contributed by atoms with E-state index in [0.29, 0.717) is 23.0 Å². The molecule has 7 nitrogen and oxygen atoms in total. The Morgan fingerprint density at radius 3 is 2.79 bits per heavy atom. The van der Waals surface area contributed by atoms with Crippen molar-refractivity contribution >= 4 is 11.8 Å². The molecule has 1 aliphatic rings. The van der Waals surface area contributed by atoms with Gasteiger partial charge in [-0.15, -0.1) is 0 Å². The van der Waals surface area contributed by atoms with E-state index in [4.69, 9.17) is 10.5 Å². The summed E-state index contributed by atoms with van der Waals surface area (Å²) in [6.07, 6.45) is 1.79. The lowest BCUT2D eigenvalue weighted by Gasteiger charge is -2.19. The van der Waals surface area contributed by atoms with Gasteiger partial charge in [0, 0.05) is 17.3 Å². The summed E-state index contributed by atoms with van der Waals surface area (Å²) in [5, 5.41) is 0. The second-order valence-corrected chi connectivity index (χ2v) is 5.92. The number of nitrogens with one attached hydrogen (secondary N) is 1. The van der Waals surface area contributed by atoms with Crippen LogP contribution in [0.1, 0.15) is 29.0 Å². The van der Waals surface area contributed by atoms with Gasteiger partial charge in [-0.25, -0.2) is 4.98 Å². The quantitative estimate of drug-likeness (QED) is 0.838. The molecular formula is C17H20N4O3. The fourth-order valence-electron chi connectivity index (χ4n) is 2.63. The maximum absolute atomic E-state index is 12.8. The fourth-order valence-corrected chi connectivity index (χ4v) is 2.63. The number of hydrogen-bond donors (Lipinski definition) is 2. The van der Waals surface area contributed by atoms with Crippen molar-refractivity contribution in [2.45, 2.75) is 25.8 Å². The third-order valence-corrected chi connectivity index (χ3v) is 4.01. The maximum Gasteiger partial charge on any atom is 0.275 e. The van der Waals surface area contributed by atoms with E-state index in [1.54, 1.807) is 14.0 Å². The second-order valence-electron chi connectivity index (χ2n) is 5.92. The number of rotatable bonds is 6. The molecule has 0 radical (unpaired) electrons. The van der Waals surface area contributed by atoms with Crippen LogP contribution in [0.2, 0.25) is 0 Å². The first-order valence-electron chi connectivity index (χ1n) is 7.80. The van der Waals surface area contributed by atoms with Crippen LogP contribution in [0, 0.1) is 6.92 Å². The summed E-state index contributed by atoms with van der Waals surface area (Å²) in [6.45, 7) is 1.71. The number of imidazole rings is 1. The number of aromatic nitrogens is 2. The Labute approximate surface area is 139 Å².